The van der Waals surface area contributed by atoms with E-state index in [-0.39, 0.29) is 11.9 Å². The van der Waals surface area contributed by atoms with Crippen LogP contribution in [0.2, 0.25) is 0 Å². The molecule has 1 aliphatic heterocycles. The van der Waals surface area contributed by atoms with Crippen LogP contribution in [-0.2, 0) is 0 Å². The average molecular weight is 261 g/mol. The number of H-pyrrole nitrogens is 1. The van der Waals surface area contributed by atoms with E-state index in [9.17, 15) is 4.79 Å². The number of unbranched alkanes of at least 4 members (excludes halogenated alkanes) is 1. The standard InChI is InChI=1S/C15H23N3O/c1-4-5-7-12-8-6-9-18(12)15(19)14-10-13(11(2)3)16-17-14/h6,8,10-12H,4-5,7,9H2,1-3H3,(H,16,17)/t12-/m0/s1. The van der Waals surface area contributed by atoms with Gasteiger partial charge in [0.1, 0.15) is 5.69 Å². The van der Waals surface area contributed by atoms with E-state index in [1.54, 1.807) is 0 Å². The van der Waals surface area contributed by atoms with Crippen molar-refractivity contribution in [1.29, 1.82) is 0 Å². The van der Waals surface area contributed by atoms with Crippen LogP contribution >= 0.6 is 0 Å². The topological polar surface area (TPSA) is 49.0 Å². The molecule has 1 aromatic heterocycles. The Kier molecular flexibility index (Phi) is 4.40. The number of carbonyl (C=O) groups excluding carboxylic acids is 1. The summed E-state index contributed by atoms with van der Waals surface area (Å²) in [4.78, 5) is 14.4. The zero-order valence-electron chi connectivity index (χ0n) is 12.0. The van der Waals surface area contributed by atoms with Crippen LogP contribution in [0, 0.1) is 0 Å². The van der Waals surface area contributed by atoms with E-state index in [4.69, 9.17) is 0 Å². The average Bonchev–Trinajstić information content (AvgIpc) is 3.04. The maximum atomic E-state index is 12.5. The number of amides is 1. The van der Waals surface area contributed by atoms with Crippen LogP contribution < -0.4 is 0 Å². The maximum Gasteiger partial charge on any atom is 0.275 e. The lowest BCUT2D eigenvalue weighted by Crippen LogP contribution is -2.36. The largest absolute Gasteiger partial charge is 0.327 e. The number of hydrogen-bond donors (Lipinski definition) is 1. The van der Waals surface area contributed by atoms with Crippen LogP contribution in [0.25, 0.3) is 0 Å². The monoisotopic (exact) mass is 261 g/mol. The SMILES string of the molecule is CCCC[C@H]1C=CCN1C(=O)c1cc(C(C)C)[nH]n1. The summed E-state index contributed by atoms with van der Waals surface area (Å²) in [6.07, 6.45) is 7.57. The molecule has 1 N–H and O–H groups in total. The van der Waals surface area contributed by atoms with Crippen molar-refractivity contribution in [1.82, 2.24) is 15.1 Å². The lowest BCUT2D eigenvalue weighted by atomic mass is 10.1. The van der Waals surface area contributed by atoms with Gasteiger partial charge in [0.25, 0.3) is 5.91 Å². The second-order valence-electron chi connectivity index (χ2n) is 5.46. The number of carbonyl (C=O) groups is 1. The van der Waals surface area contributed by atoms with Crippen molar-refractivity contribution >= 4 is 5.91 Å². The number of rotatable bonds is 5. The molecule has 1 atom stereocenters. The summed E-state index contributed by atoms with van der Waals surface area (Å²) >= 11 is 0. The number of aromatic nitrogens is 2. The molecule has 4 heteroatoms. The first-order chi connectivity index (χ1) is 9.13. The number of nitrogens with zero attached hydrogens (tertiary/aromatic N) is 2. The summed E-state index contributed by atoms with van der Waals surface area (Å²) in [5.74, 6) is 0.399. The van der Waals surface area contributed by atoms with Crippen LogP contribution in [-0.4, -0.2) is 33.6 Å². The van der Waals surface area contributed by atoms with Crippen LogP contribution in [0.3, 0.4) is 0 Å². The van der Waals surface area contributed by atoms with Crippen molar-refractivity contribution in [2.24, 2.45) is 0 Å². The summed E-state index contributed by atoms with van der Waals surface area (Å²) in [5, 5.41) is 7.10. The Morgan fingerprint density at radius 1 is 1.58 bits per heavy atom. The fraction of sp³-hybridized carbons (Fsp3) is 0.600. The summed E-state index contributed by atoms with van der Waals surface area (Å²) in [6.45, 7) is 7.05. The second-order valence-corrected chi connectivity index (χ2v) is 5.46. The summed E-state index contributed by atoms with van der Waals surface area (Å²) < 4.78 is 0. The van der Waals surface area contributed by atoms with Crippen LogP contribution in [0.5, 0.6) is 0 Å². The van der Waals surface area contributed by atoms with Gasteiger partial charge in [0, 0.05) is 12.2 Å². The van der Waals surface area contributed by atoms with Gasteiger partial charge in [-0.25, -0.2) is 0 Å². The number of hydrogen-bond acceptors (Lipinski definition) is 2. The molecule has 1 aromatic rings. The van der Waals surface area contributed by atoms with Crippen molar-refractivity contribution in [3.05, 3.63) is 29.6 Å². The highest BCUT2D eigenvalue weighted by molar-refractivity contribution is 5.93. The lowest BCUT2D eigenvalue weighted by Gasteiger charge is -2.23. The molecule has 4 nitrogen and oxygen atoms in total. The minimum atomic E-state index is 0.0363. The molecule has 1 amide bonds. The molecule has 0 bridgehead atoms. The quantitative estimate of drug-likeness (QED) is 0.828. The Bertz CT molecular complexity index is 462. The Labute approximate surface area is 114 Å². The summed E-state index contributed by atoms with van der Waals surface area (Å²) in [6, 6.07) is 2.12. The number of nitrogens with one attached hydrogen (secondary N) is 1. The Morgan fingerprint density at radius 3 is 3.00 bits per heavy atom. The fourth-order valence-electron chi connectivity index (χ4n) is 2.36. The third-order valence-corrected chi connectivity index (χ3v) is 3.61. The molecule has 19 heavy (non-hydrogen) atoms. The van der Waals surface area contributed by atoms with Gasteiger partial charge in [-0.05, 0) is 18.4 Å². The van der Waals surface area contributed by atoms with E-state index in [2.05, 4.69) is 43.1 Å². The van der Waals surface area contributed by atoms with Crippen molar-refractivity contribution in [3.8, 4) is 0 Å². The van der Waals surface area contributed by atoms with E-state index >= 15 is 0 Å². The van der Waals surface area contributed by atoms with Crippen LogP contribution in [0.15, 0.2) is 18.2 Å². The third kappa shape index (κ3) is 3.06. The molecule has 1 aliphatic rings. The van der Waals surface area contributed by atoms with Crippen molar-refractivity contribution in [3.63, 3.8) is 0 Å². The van der Waals surface area contributed by atoms with E-state index in [1.807, 2.05) is 11.0 Å². The van der Waals surface area contributed by atoms with E-state index in [1.165, 1.54) is 0 Å². The van der Waals surface area contributed by atoms with Crippen LogP contribution in [0.4, 0.5) is 0 Å². The molecule has 0 spiro atoms. The van der Waals surface area contributed by atoms with Gasteiger partial charge in [-0.3, -0.25) is 9.89 Å². The molecule has 2 rings (SSSR count). The Morgan fingerprint density at radius 2 is 2.37 bits per heavy atom. The molecule has 0 unspecified atom stereocenters. The lowest BCUT2D eigenvalue weighted by molar-refractivity contribution is 0.0737. The molecule has 0 saturated heterocycles. The minimum absolute atomic E-state index is 0.0363. The second kappa shape index (κ2) is 6.04. The van der Waals surface area contributed by atoms with Crippen LogP contribution in [0.1, 0.15) is 62.1 Å². The maximum absolute atomic E-state index is 12.5. The van der Waals surface area contributed by atoms with E-state index < -0.39 is 0 Å². The Balaban J connectivity index is 2.05. The molecular formula is C15H23N3O. The van der Waals surface area contributed by atoms with Gasteiger partial charge < -0.3 is 4.90 Å². The van der Waals surface area contributed by atoms with Crippen molar-refractivity contribution in [2.75, 3.05) is 6.54 Å². The first kappa shape index (κ1) is 13.8. The predicted octanol–water partition coefficient (Wildman–Crippen LogP) is 3.10. The summed E-state index contributed by atoms with van der Waals surface area (Å²) in [5.41, 5.74) is 1.55. The zero-order chi connectivity index (χ0) is 13.8. The molecule has 0 aromatic carbocycles. The van der Waals surface area contributed by atoms with Crippen molar-refractivity contribution in [2.45, 2.75) is 52.0 Å². The molecule has 0 radical (unpaired) electrons. The first-order valence-corrected chi connectivity index (χ1v) is 7.16. The molecular weight excluding hydrogens is 238 g/mol. The first-order valence-electron chi connectivity index (χ1n) is 7.16. The zero-order valence-corrected chi connectivity index (χ0v) is 12.0. The van der Waals surface area contributed by atoms with E-state index in [0.29, 0.717) is 18.2 Å². The Hall–Kier alpha value is -1.58. The molecule has 2 heterocycles. The van der Waals surface area contributed by atoms with Gasteiger partial charge in [0.15, 0.2) is 0 Å². The fourth-order valence-corrected chi connectivity index (χ4v) is 2.36. The van der Waals surface area contributed by atoms with Gasteiger partial charge in [-0.15, -0.1) is 0 Å². The van der Waals surface area contributed by atoms with Gasteiger partial charge in [-0.1, -0.05) is 45.8 Å². The highest BCUT2D eigenvalue weighted by Gasteiger charge is 2.26. The van der Waals surface area contributed by atoms with Crippen molar-refractivity contribution < 1.29 is 4.79 Å². The van der Waals surface area contributed by atoms with Gasteiger partial charge >= 0.3 is 0 Å². The van der Waals surface area contributed by atoms with Gasteiger partial charge in [0.05, 0.1) is 6.04 Å². The highest BCUT2D eigenvalue weighted by Crippen LogP contribution is 2.20. The molecule has 0 aliphatic carbocycles. The van der Waals surface area contributed by atoms with Gasteiger partial charge in [-0.2, -0.15) is 5.10 Å². The third-order valence-electron chi connectivity index (χ3n) is 3.61. The molecule has 104 valence electrons. The minimum Gasteiger partial charge on any atom is -0.327 e. The van der Waals surface area contributed by atoms with Gasteiger partial charge in [0.2, 0.25) is 0 Å². The van der Waals surface area contributed by atoms with E-state index in [0.717, 1.165) is 25.0 Å². The number of aromatic amines is 1. The molecule has 0 fully saturated rings. The normalized spacial score (nSPS) is 18.5. The molecule has 0 saturated carbocycles. The smallest absolute Gasteiger partial charge is 0.275 e. The predicted molar refractivity (Wildman–Crippen MR) is 76.2 cm³/mol. The highest BCUT2D eigenvalue weighted by atomic mass is 16.2. The summed E-state index contributed by atoms with van der Waals surface area (Å²) in [7, 11) is 0.